The monoisotopic (exact) mass is 349 g/mol. The average molecular weight is 350 g/mol. The van der Waals surface area contributed by atoms with E-state index >= 15 is 0 Å². The Morgan fingerprint density at radius 2 is 2.00 bits per heavy atom. The Labute approximate surface area is 149 Å². The summed E-state index contributed by atoms with van der Waals surface area (Å²) in [6, 6.07) is 9.56. The predicted octanol–water partition coefficient (Wildman–Crippen LogP) is 3.89. The molecule has 0 atom stereocenters. The molecule has 2 rings (SSSR count). The molecule has 1 heterocycles. The van der Waals surface area contributed by atoms with Crippen LogP contribution in [0.25, 0.3) is 0 Å². The van der Waals surface area contributed by atoms with Gasteiger partial charge in [-0.15, -0.1) is 12.4 Å². The van der Waals surface area contributed by atoms with Gasteiger partial charge in [-0.1, -0.05) is 12.1 Å². The van der Waals surface area contributed by atoms with E-state index in [4.69, 9.17) is 10.5 Å². The number of nitrogens with one attached hydrogen (secondary N) is 1. The molecular weight excluding hydrogens is 326 g/mol. The molecule has 1 amide bonds. The average Bonchev–Trinajstić information content (AvgIpc) is 2.52. The first-order valence-electron chi connectivity index (χ1n) is 7.76. The molecule has 0 aliphatic heterocycles. The summed E-state index contributed by atoms with van der Waals surface area (Å²) >= 11 is 0. The maximum Gasteiger partial charge on any atom is 0.224 e. The Hall–Kier alpha value is -2.27. The number of hydrogen-bond acceptors (Lipinski definition) is 4. The molecule has 0 spiro atoms. The molecule has 1 aromatic carbocycles. The highest BCUT2D eigenvalue weighted by Crippen LogP contribution is 2.19. The Kier molecular flexibility index (Phi) is 8.06. The summed E-state index contributed by atoms with van der Waals surface area (Å²) in [5, 5.41) is 2.80. The highest BCUT2D eigenvalue weighted by Gasteiger charge is 2.04. The van der Waals surface area contributed by atoms with Crippen LogP contribution in [0, 0.1) is 13.8 Å². The van der Waals surface area contributed by atoms with Crippen LogP contribution in [0.1, 0.15) is 30.4 Å². The smallest absolute Gasteiger partial charge is 0.224 e. The molecule has 0 fully saturated rings. The fourth-order valence-corrected chi connectivity index (χ4v) is 2.14. The van der Waals surface area contributed by atoms with Gasteiger partial charge in [-0.25, -0.2) is 4.98 Å². The number of nitrogens with zero attached hydrogens (tertiary/aromatic N) is 1. The van der Waals surface area contributed by atoms with Gasteiger partial charge in [0.25, 0.3) is 0 Å². The van der Waals surface area contributed by atoms with E-state index in [0.717, 1.165) is 24.2 Å². The molecule has 5 nitrogen and oxygen atoms in total. The van der Waals surface area contributed by atoms with Crippen molar-refractivity contribution in [3.63, 3.8) is 0 Å². The number of nitrogen functional groups attached to an aromatic ring is 1. The zero-order valence-electron chi connectivity index (χ0n) is 14.0. The lowest BCUT2D eigenvalue weighted by Gasteiger charge is -2.10. The van der Waals surface area contributed by atoms with Crippen LogP contribution in [0.15, 0.2) is 36.5 Å². The van der Waals surface area contributed by atoms with Crippen molar-refractivity contribution in [1.29, 1.82) is 0 Å². The van der Waals surface area contributed by atoms with Crippen molar-refractivity contribution in [2.45, 2.75) is 33.1 Å². The molecule has 0 bridgehead atoms. The predicted molar refractivity (Wildman–Crippen MR) is 99.8 cm³/mol. The standard InChI is InChI=1S/C18H23N3O2.ClH/c1-13-6-7-14(2)16(11-13)23-10-4-3-5-18(22)21-15-8-9-17(19)20-12-15;/h6-9,11-12H,3-5,10H2,1-2H3,(H2,19,20)(H,21,22);1H. The van der Waals surface area contributed by atoms with Crippen molar-refractivity contribution in [3.05, 3.63) is 47.7 Å². The van der Waals surface area contributed by atoms with Gasteiger partial charge in [0, 0.05) is 6.42 Å². The molecule has 2 aromatic rings. The number of nitrogens with two attached hydrogens (primary N) is 1. The van der Waals surface area contributed by atoms with Gasteiger partial charge >= 0.3 is 0 Å². The van der Waals surface area contributed by atoms with E-state index in [-0.39, 0.29) is 18.3 Å². The third-order valence-corrected chi connectivity index (χ3v) is 3.47. The molecule has 3 N–H and O–H groups in total. The Bertz CT molecular complexity index is 660. The minimum atomic E-state index is -0.0247. The molecule has 0 aliphatic rings. The van der Waals surface area contributed by atoms with Crippen molar-refractivity contribution in [2.24, 2.45) is 0 Å². The van der Waals surface area contributed by atoms with Crippen LogP contribution in [0.5, 0.6) is 5.75 Å². The number of pyridine rings is 1. The Morgan fingerprint density at radius 3 is 2.71 bits per heavy atom. The molecule has 0 unspecified atom stereocenters. The maximum atomic E-state index is 11.8. The lowest BCUT2D eigenvalue weighted by Crippen LogP contribution is -2.12. The van der Waals surface area contributed by atoms with E-state index in [1.165, 1.54) is 5.56 Å². The first-order valence-corrected chi connectivity index (χ1v) is 7.76. The Balaban J connectivity index is 0.00000288. The van der Waals surface area contributed by atoms with Crippen LogP contribution in [0.4, 0.5) is 11.5 Å². The van der Waals surface area contributed by atoms with E-state index in [1.54, 1.807) is 18.3 Å². The molecule has 0 aliphatic carbocycles. The SMILES string of the molecule is Cc1ccc(C)c(OCCCCC(=O)Nc2ccc(N)nc2)c1.Cl. The van der Waals surface area contributed by atoms with E-state index in [1.807, 2.05) is 19.9 Å². The second-order valence-corrected chi connectivity index (χ2v) is 5.59. The minimum absolute atomic E-state index is 0. The quantitative estimate of drug-likeness (QED) is 0.743. The summed E-state index contributed by atoms with van der Waals surface area (Å²) in [4.78, 5) is 15.8. The first-order chi connectivity index (χ1) is 11.0. The van der Waals surface area contributed by atoms with Gasteiger partial charge in [-0.05, 0) is 56.0 Å². The van der Waals surface area contributed by atoms with Gasteiger partial charge in [0.15, 0.2) is 0 Å². The van der Waals surface area contributed by atoms with Gasteiger partial charge in [0.05, 0.1) is 18.5 Å². The number of carbonyl (C=O) groups is 1. The number of hydrogen-bond donors (Lipinski definition) is 2. The summed E-state index contributed by atoms with van der Waals surface area (Å²) in [7, 11) is 0. The normalized spacial score (nSPS) is 9.92. The van der Waals surface area contributed by atoms with Gasteiger partial charge in [-0.3, -0.25) is 4.79 Å². The zero-order valence-corrected chi connectivity index (χ0v) is 14.9. The minimum Gasteiger partial charge on any atom is -0.493 e. The Morgan fingerprint density at radius 1 is 1.21 bits per heavy atom. The number of unbranched alkanes of at least 4 members (excludes halogenated alkanes) is 1. The summed E-state index contributed by atoms with van der Waals surface area (Å²) in [5.41, 5.74) is 8.48. The topological polar surface area (TPSA) is 77.2 Å². The van der Waals surface area contributed by atoms with Gasteiger partial charge in [-0.2, -0.15) is 0 Å². The van der Waals surface area contributed by atoms with Crippen LogP contribution < -0.4 is 15.8 Å². The highest BCUT2D eigenvalue weighted by molar-refractivity contribution is 5.90. The highest BCUT2D eigenvalue weighted by atomic mass is 35.5. The number of rotatable bonds is 7. The maximum absolute atomic E-state index is 11.8. The number of benzene rings is 1. The van der Waals surface area contributed by atoms with E-state index in [9.17, 15) is 4.79 Å². The third kappa shape index (κ3) is 6.46. The van der Waals surface area contributed by atoms with Gasteiger partial charge in [0.1, 0.15) is 11.6 Å². The molecule has 130 valence electrons. The molecule has 1 aromatic heterocycles. The summed E-state index contributed by atoms with van der Waals surface area (Å²) < 4.78 is 5.78. The number of halogens is 1. The van der Waals surface area contributed by atoms with Crippen molar-refractivity contribution in [1.82, 2.24) is 4.98 Å². The molecular formula is C18H24ClN3O2. The van der Waals surface area contributed by atoms with Crippen LogP contribution in [0.3, 0.4) is 0 Å². The van der Waals surface area contributed by atoms with Gasteiger partial charge < -0.3 is 15.8 Å². The van der Waals surface area contributed by atoms with Crippen molar-refractivity contribution < 1.29 is 9.53 Å². The van der Waals surface area contributed by atoms with E-state index in [0.29, 0.717) is 24.5 Å². The van der Waals surface area contributed by atoms with Crippen molar-refractivity contribution >= 4 is 29.8 Å². The van der Waals surface area contributed by atoms with E-state index in [2.05, 4.69) is 22.4 Å². The molecule has 24 heavy (non-hydrogen) atoms. The number of ether oxygens (including phenoxy) is 1. The third-order valence-electron chi connectivity index (χ3n) is 3.47. The zero-order chi connectivity index (χ0) is 16.7. The molecule has 0 saturated heterocycles. The molecule has 0 saturated carbocycles. The number of aryl methyl sites for hydroxylation is 2. The largest absolute Gasteiger partial charge is 0.493 e. The fourth-order valence-electron chi connectivity index (χ4n) is 2.14. The van der Waals surface area contributed by atoms with Crippen LogP contribution in [0.2, 0.25) is 0 Å². The van der Waals surface area contributed by atoms with Crippen molar-refractivity contribution in [2.75, 3.05) is 17.7 Å². The second kappa shape index (κ2) is 9.78. The van der Waals surface area contributed by atoms with Crippen molar-refractivity contribution in [3.8, 4) is 5.75 Å². The number of amides is 1. The fraction of sp³-hybridized carbons (Fsp3) is 0.333. The molecule has 0 radical (unpaired) electrons. The van der Waals surface area contributed by atoms with Gasteiger partial charge in [0.2, 0.25) is 5.91 Å². The summed E-state index contributed by atoms with van der Waals surface area (Å²) in [6.07, 6.45) is 3.62. The second-order valence-electron chi connectivity index (χ2n) is 5.59. The van der Waals surface area contributed by atoms with Crippen LogP contribution >= 0.6 is 12.4 Å². The summed E-state index contributed by atoms with van der Waals surface area (Å²) in [6.45, 7) is 4.69. The van der Waals surface area contributed by atoms with Crippen LogP contribution in [-0.2, 0) is 4.79 Å². The number of aromatic nitrogens is 1. The number of anilines is 2. The summed E-state index contributed by atoms with van der Waals surface area (Å²) in [5.74, 6) is 1.33. The number of carbonyl (C=O) groups excluding carboxylic acids is 1. The molecule has 6 heteroatoms. The lowest BCUT2D eigenvalue weighted by atomic mass is 10.1. The first kappa shape index (κ1) is 19.8. The van der Waals surface area contributed by atoms with Crippen LogP contribution in [-0.4, -0.2) is 17.5 Å². The lowest BCUT2D eigenvalue weighted by molar-refractivity contribution is -0.116. The van der Waals surface area contributed by atoms with E-state index < -0.39 is 0 Å².